The Morgan fingerprint density at radius 3 is 2.55 bits per heavy atom. The smallest absolute Gasteiger partial charge is 0.237 e. The van der Waals surface area contributed by atoms with Crippen LogP contribution in [-0.4, -0.2) is 18.0 Å². The van der Waals surface area contributed by atoms with E-state index < -0.39 is 0 Å². The van der Waals surface area contributed by atoms with E-state index in [0.29, 0.717) is 6.04 Å². The van der Waals surface area contributed by atoms with Crippen LogP contribution in [0.25, 0.3) is 0 Å². The minimum absolute atomic E-state index is 0.0561. The van der Waals surface area contributed by atoms with Crippen molar-refractivity contribution in [3.8, 4) is 0 Å². The number of carbonyl (C=O) groups is 1. The molecule has 22 heavy (non-hydrogen) atoms. The molecular weight excluding hydrogens is 292 g/mol. The van der Waals surface area contributed by atoms with Crippen molar-refractivity contribution in [2.45, 2.75) is 44.8 Å². The lowest BCUT2D eigenvalue weighted by atomic mass is 10.0. The van der Waals surface area contributed by atoms with E-state index in [4.69, 9.17) is 0 Å². The van der Waals surface area contributed by atoms with Gasteiger partial charge in [0, 0.05) is 10.9 Å². The van der Waals surface area contributed by atoms with E-state index in [9.17, 15) is 4.79 Å². The van der Waals surface area contributed by atoms with Crippen LogP contribution in [0.15, 0.2) is 41.8 Å². The third-order valence-corrected chi connectivity index (χ3v) is 4.91. The fraction of sp³-hybridized carbons (Fsp3) is 0.389. The molecule has 2 aromatic rings. The molecule has 3 nitrogen and oxygen atoms in total. The van der Waals surface area contributed by atoms with Crippen molar-refractivity contribution in [3.05, 3.63) is 57.8 Å². The van der Waals surface area contributed by atoms with E-state index in [-0.39, 0.29) is 18.0 Å². The monoisotopic (exact) mass is 314 g/mol. The van der Waals surface area contributed by atoms with Gasteiger partial charge in [-0.1, -0.05) is 35.9 Å². The molecule has 1 heterocycles. The first-order valence-electron chi connectivity index (χ1n) is 7.80. The maximum atomic E-state index is 12.2. The van der Waals surface area contributed by atoms with Gasteiger partial charge in [0.1, 0.15) is 0 Å². The quantitative estimate of drug-likeness (QED) is 0.858. The summed E-state index contributed by atoms with van der Waals surface area (Å²) in [4.78, 5) is 13.4. The highest BCUT2D eigenvalue weighted by Gasteiger charge is 2.27. The Morgan fingerprint density at radius 2 is 1.95 bits per heavy atom. The maximum Gasteiger partial charge on any atom is 0.237 e. The second kappa shape index (κ2) is 6.63. The predicted molar refractivity (Wildman–Crippen MR) is 91.1 cm³/mol. The Balaban J connectivity index is 1.76. The van der Waals surface area contributed by atoms with E-state index in [1.807, 2.05) is 6.92 Å². The van der Waals surface area contributed by atoms with Gasteiger partial charge < -0.3 is 5.32 Å². The molecule has 0 aliphatic heterocycles. The highest BCUT2D eigenvalue weighted by Crippen LogP contribution is 2.27. The Kier molecular flexibility index (Phi) is 4.60. The molecule has 2 N–H and O–H groups in total. The number of thiophene rings is 1. The molecule has 0 spiro atoms. The lowest BCUT2D eigenvalue weighted by Gasteiger charge is -2.23. The molecule has 1 amide bonds. The van der Waals surface area contributed by atoms with Gasteiger partial charge in [-0.25, -0.2) is 0 Å². The Morgan fingerprint density at radius 1 is 1.23 bits per heavy atom. The van der Waals surface area contributed by atoms with Crippen LogP contribution in [0.1, 0.15) is 41.8 Å². The highest BCUT2D eigenvalue weighted by atomic mass is 32.1. The van der Waals surface area contributed by atoms with Crippen LogP contribution < -0.4 is 10.6 Å². The molecule has 1 saturated carbocycles. The van der Waals surface area contributed by atoms with E-state index in [1.165, 1.54) is 16.0 Å². The number of amides is 1. The SMILES string of the molecule is Cc1ccc([C@H](N[C@H](C)C(=O)NC2CC2)c2cccs2)cc1. The number of benzene rings is 1. The zero-order valence-corrected chi connectivity index (χ0v) is 13.8. The summed E-state index contributed by atoms with van der Waals surface area (Å²) >= 11 is 1.72. The summed E-state index contributed by atoms with van der Waals surface area (Å²) in [6.45, 7) is 4.02. The van der Waals surface area contributed by atoms with Crippen molar-refractivity contribution in [1.29, 1.82) is 0 Å². The summed E-state index contributed by atoms with van der Waals surface area (Å²) < 4.78 is 0. The van der Waals surface area contributed by atoms with Gasteiger partial charge in [-0.05, 0) is 43.7 Å². The molecular formula is C18H22N2OS. The lowest BCUT2D eigenvalue weighted by molar-refractivity contribution is -0.123. The zero-order valence-electron chi connectivity index (χ0n) is 13.0. The van der Waals surface area contributed by atoms with Gasteiger partial charge in [0.15, 0.2) is 0 Å². The molecule has 116 valence electrons. The minimum atomic E-state index is -0.214. The Hall–Kier alpha value is -1.65. The molecule has 0 unspecified atom stereocenters. The summed E-state index contributed by atoms with van der Waals surface area (Å²) in [6, 6.07) is 12.9. The summed E-state index contributed by atoms with van der Waals surface area (Å²) in [5.41, 5.74) is 2.44. The summed E-state index contributed by atoms with van der Waals surface area (Å²) in [5.74, 6) is 0.0937. The number of hydrogen-bond acceptors (Lipinski definition) is 3. The number of hydrogen-bond donors (Lipinski definition) is 2. The molecule has 1 aliphatic rings. The molecule has 1 aromatic carbocycles. The first kappa shape index (κ1) is 15.3. The summed E-state index contributed by atoms with van der Waals surface area (Å²) in [6.07, 6.45) is 2.23. The fourth-order valence-corrected chi connectivity index (χ4v) is 3.25. The standard InChI is InChI=1S/C18H22N2OS/c1-12-5-7-14(8-6-12)17(16-4-3-11-22-16)19-13(2)18(21)20-15-9-10-15/h3-8,11,13,15,17,19H,9-10H2,1-2H3,(H,20,21)/t13-,17+/m1/s1. The maximum absolute atomic E-state index is 12.2. The van der Waals surface area contributed by atoms with Crippen LogP contribution in [0.3, 0.4) is 0 Å². The lowest BCUT2D eigenvalue weighted by Crippen LogP contribution is -2.44. The summed E-state index contributed by atoms with van der Waals surface area (Å²) in [7, 11) is 0. The number of aryl methyl sites for hydroxylation is 1. The van der Waals surface area contributed by atoms with Crippen molar-refractivity contribution < 1.29 is 4.79 Å². The van der Waals surface area contributed by atoms with Crippen LogP contribution >= 0.6 is 11.3 Å². The average Bonchev–Trinajstić information content (AvgIpc) is 3.16. The van der Waals surface area contributed by atoms with Crippen LogP contribution in [0, 0.1) is 6.92 Å². The first-order chi connectivity index (χ1) is 10.6. The predicted octanol–water partition coefficient (Wildman–Crippen LogP) is 3.40. The van der Waals surface area contributed by atoms with E-state index >= 15 is 0 Å². The molecule has 4 heteroatoms. The van der Waals surface area contributed by atoms with Gasteiger partial charge in [0.2, 0.25) is 5.91 Å². The normalized spacial score (nSPS) is 17.0. The van der Waals surface area contributed by atoms with Gasteiger partial charge in [0.25, 0.3) is 0 Å². The van der Waals surface area contributed by atoms with Crippen molar-refractivity contribution in [2.75, 3.05) is 0 Å². The van der Waals surface area contributed by atoms with Gasteiger partial charge >= 0.3 is 0 Å². The van der Waals surface area contributed by atoms with Crippen molar-refractivity contribution in [3.63, 3.8) is 0 Å². The number of nitrogens with one attached hydrogen (secondary N) is 2. The third kappa shape index (κ3) is 3.76. The molecule has 0 radical (unpaired) electrons. The average molecular weight is 314 g/mol. The molecule has 1 fully saturated rings. The third-order valence-electron chi connectivity index (χ3n) is 3.97. The van der Waals surface area contributed by atoms with Crippen molar-refractivity contribution in [1.82, 2.24) is 10.6 Å². The largest absolute Gasteiger partial charge is 0.352 e. The fourth-order valence-electron chi connectivity index (χ4n) is 2.44. The van der Waals surface area contributed by atoms with E-state index in [0.717, 1.165) is 12.8 Å². The molecule has 2 atom stereocenters. The van der Waals surface area contributed by atoms with Crippen LogP contribution in [0.5, 0.6) is 0 Å². The van der Waals surface area contributed by atoms with Gasteiger partial charge in [0.05, 0.1) is 12.1 Å². The van der Waals surface area contributed by atoms with Crippen molar-refractivity contribution in [2.24, 2.45) is 0 Å². The van der Waals surface area contributed by atoms with Gasteiger partial charge in [-0.2, -0.15) is 0 Å². The molecule has 0 bridgehead atoms. The molecule has 1 aliphatic carbocycles. The van der Waals surface area contributed by atoms with E-state index in [1.54, 1.807) is 11.3 Å². The second-order valence-electron chi connectivity index (χ2n) is 6.03. The Labute approximate surface area is 135 Å². The number of carbonyl (C=O) groups excluding carboxylic acids is 1. The van der Waals surface area contributed by atoms with Crippen LogP contribution in [-0.2, 0) is 4.79 Å². The highest BCUT2D eigenvalue weighted by molar-refractivity contribution is 7.10. The first-order valence-corrected chi connectivity index (χ1v) is 8.68. The molecule has 3 rings (SSSR count). The topological polar surface area (TPSA) is 41.1 Å². The molecule has 1 aromatic heterocycles. The minimum Gasteiger partial charge on any atom is -0.352 e. The van der Waals surface area contributed by atoms with Crippen LogP contribution in [0.2, 0.25) is 0 Å². The second-order valence-corrected chi connectivity index (χ2v) is 7.01. The van der Waals surface area contributed by atoms with Gasteiger partial charge in [-0.15, -0.1) is 11.3 Å². The van der Waals surface area contributed by atoms with Gasteiger partial charge in [-0.3, -0.25) is 10.1 Å². The number of rotatable bonds is 6. The summed E-state index contributed by atoms with van der Waals surface area (Å²) in [5, 5.41) is 8.63. The molecule has 0 saturated heterocycles. The zero-order chi connectivity index (χ0) is 15.5. The Bertz CT molecular complexity index is 617. The van der Waals surface area contributed by atoms with E-state index in [2.05, 4.69) is 59.3 Å². The van der Waals surface area contributed by atoms with Crippen molar-refractivity contribution >= 4 is 17.2 Å². The van der Waals surface area contributed by atoms with Crippen LogP contribution in [0.4, 0.5) is 0 Å².